The molecule has 0 aliphatic heterocycles. The molecule has 0 saturated carbocycles. The number of hydrogen-bond acceptors (Lipinski definition) is 3. The van der Waals surface area contributed by atoms with Crippen LogP contribution in [0.1, 0.15) is 24.0 Å². The van der Waals surface area contributed by atoms with Crippen LogP contribution >= 0.6 is 0 Å². The van der Waals surface area contributed by atoms with Gasteiger partial charge in [0.1, 0.15) is 6.61 Å². The molecule has 0 radical (unpaired) electrons. The topological polar surface area (TPSA) is 58.9 Å². The summed E-state index contributed by atoms with van der Waals surface area (Å²) >= 11 is 0. The van der Waals surface area contributed by atoms with Crippen molar-refractivity contribution in [3.63, 3.8) is 0 Å². The van der Waals surface area contributed by atoms with Gasteiger partial charge in [-0.05, 0) is 18.4 Å². The van der Waals surface area contributed by atoms with Crippen molar-refractivity contribution >= 4 is 11.7 Å². The molecule has 84 valence electrons. The maximum Gasteiger partial charge on any atom is 0.306 e. The Kier molecular flexibility index (Phi) is 3.19. The first kappa shape index (κ1) is 10.7. The van der Waals surface area contributed by atoms with Crippen molar-refractivity contribution in [2.75, 3.05) is 6.61 Å². The molecule has 4 nitrogen and oxygen atoms in total. The second kappa shape index (κ2) is 4.79. The van der Waals surface area contributed by atoms with Gasteiger partial charge in [0.25, 0.3) is 0 Å². The van der Waals surface area contributed by atoms with Crippen LogP contribution in [0.5, 0.6) is 0 Å². The van der Waals surface area contributed by atoms with Crippen LogP contribution in [0.25, 0.3) is 0 Å². The summed E-state index contributed by atoms with van der Waals surface area (Å²) in [6, 6.07) is 8.07. The van der Waals surface area contributed by atoms with E-state index in [1.54, 1.807) is 0 Å². The minimum absolute atomic E-state index is 0.0154. The van der Waals surface area contributed by atoms with Gasteiger partial charge in [-0.3, -0.25) is 4.79 Å². The molecule has 0 aromatic heterocycles. The summed E-state index contributed by atoms with van der Waals surface area (Å²) < 4.78 is 0. The molecule has 0 unspecified atom stereocenters. The number of aliphatic carboxylic acids is 1. The summed E-state index contributed by atoms with van der Waals surface area (Å²) in [7, 11) is 0. The van der Waals surface area contributed by atoms with E-state index >= 15 is 0 Å². The molecule has 1 aliphatic carbocycles. The second-order valence-corrected chi connectivity index (χ2v) is 3.67. The summed E-state index contributed by atoms with van der Waals surface area (Å²) in [6.07, 6.45) is 1.84. The fraction of sp³-hybridized carbons (Fsp3) is 0.333. The zero-order valence-electron chi connectivity index (χ0n) is 8.85. The van der Waals surface area contributed by atoms with E-state index in [1.807, 2.05) is 18.2 Å². The molecule has 0 heterocycles. The molecule has 1 aliphatic rings. The van der Waals surface area contributed by atoms with Crippen molar-refractivity contribution in [3.8, 4) is 0 Å². The lowest BCUT2D eigenvalue weighted by Crippen LogP contribution is -2.02. The van der Waals surface area contributed by atoms with Crippen LogP contribution < -0.4 is 0 Å². The summed E-state index contributed by atoms with van der Waals surface area (Å²) in [5.74, 6) is -0.868. The third kappa shape index (κ3) is 2.39. The van der Waals surface area contributed by atoms with E-state index in [4.69, 9.17) is 9.94 Å². The van der Waals surface area contributed by atoms with Crippen LogP contribution in [-0.4, -0.2) is 23.4 Å². The van der Waals surface area contributed by atoms with E-state index in [0.29, 0.717) is 0 Å². The third-order valence-electron chi connectivity index (χ3n) is 2.54. The minimum atomic E-state index is -0.868. The highest BCUT2D eigenvalue weighted by Gasteiger charge is 2.17. The number of oxime groups is 1. The van der Waals surface area contributed by atoms with Crippen LogP contribution in [0.3, 0.4) is 0 Å². The minimum Gasteiger partial charge on any atom is -0.481 e. The molecule has 0 amide bonds. The Balaban J connectivity index is 1.97. The van der Waals surface area contributed by atoms with E-state index < -0.39 is 5.97 Å². The highest BCUT2D eigenvalue weighted by molar-refractivity contribution is 6.04. The van der Waals surface area contributed by atoms with Gasteiger partial charge < -0.3 is 9.94 Å². The maximum atomic E-state index is 10.3. The van der Waals surface area contributed by atoms with Gasteiger partial charge in [-0.2, -0.15) is 0 Å². The van der Waals surface area contributed by atoms with Crippen LogP contribution in [0.2, 0.25) is 0 Å². The van der Waals surface area contributed by atoms with E-state index in [1.165, 1.54) is 5.56 Å². The Morgan fingerprint density at radius 1 is 1.38 bits per heavy atom. The Morgan fingerprint density at radius 3 is 3.00 bits per heavy atom. The van der Waals surface area contributed by atoms with Crippen LogP contribution in [0.4, 0.5) is 0 Å². The molecule has 16 heavy (non-hydrogen) atoms. The maximum absolute atomic E-state index is 10.3. The van der Waals surface area contributed by atoms with E-state index in [0.717, 1.165) is 24.1 Å². The van der Waals surface area contributed by atoms with Gasteiger partial charge in [0.2, 0.25) is 0 Å². The number of hydrogen-bond donors (Lipinski definition) is 1. The highest BCUT2D eigenvalue weighted by atomic mass is 16.6. The lowest BCUT2D eigenvalue weighted by molar-refractivity contribution is -0.138. The molecular weight excluding hydrogens is 206 g/mol. The van der Waals surface area contributed by atoms with E-state index in [2.05, 4.69) is 11.2 Å². The molecule has 1 N–H and O–H groups in total. The van der Waals surface area contributed by atoms with Crippen molar-refractivity contribution in [1.29, 1.82) is 0 Å². The van der Waals surface area contributed by atoms with Crippen molar-refractivity contribution < 1.29 is 14.7 Å². The van der Waals surface area contributed by atoms with Gasteiger partial charge in [-0.15, -0.1) is 0 Å². The normalized spacial score (nSPS) is 16.1. The van der Waals surface area contributed by atoms with Gasteiger partial charge in [0, 0.05) is 5.56 Å². The molecule has 0 spiro atoms. The Hall–Kier alpha value is -1.84. The molecule has 0 saturated heterocycles. The van der Waals surface area contributed by atoms with E-state index in [9.17, 15) is 4.79 Å². The Morgan fingerprint density at radius 2 is 2.19 bits per heavy atom. The quantitative estimate of drug-likeness (QED) is 0.620. The fourth-order valence-electron chi connectivity index (χ4n) is 1.76. The Labute approximate surface area is 93.5 Å². The first-order valence-electron chi connectivity index (χ1n) is 5.26. The molecule has 0 atom stereocenters. The summed E-state index contributed by atoms with van der Waals surface area (Å²) in [6.45, 7) is 0.126. The molecular formula is C12H13NO3. The fourth-order valence-corrected chi connectivity index (χ4v) is 1.76. The number of benzene rings is 1. The van der Waals surface area contributed by atoms with Gasteiger partial charge in [-0.1, -0.05) is 29.4 Å². The molecule has 0 fully saturated rings. The van der Waals surface area contributed by atoms with Crippen molar-refractivity contribution in [2.24, 2.45) is 5.16 Å². The second-order valence-electron chi connectivity index (χ2n) is 3.67. The van der Waals surface area contributed by atoms with Gasteiger partial charge in [-0.25, -0.2) is 0 Å². The van der Waals surface area contributed by atoms with Crippen molar-refractivity contribution in [3.05, 3.63) is 35.4 Å². The number of nitrogens with zero attached hydrogens (tertiary/aromatic N) is 1. The molecule has 0 bridgehead atoms. The average molecular weight is 219 g/mol. The number of carboxylic acids is 1. The first-order valence-corrected chi connectivity index (χ1v) is 5.26. The van der Waals surface area contributed by atoms with Crippen LogP contribution in [0.15, 0.2) is 29.4 Å². The number of rotatable bonds is 4. The first-order chi connectivity index (χ1) is 7.77. The smallest absolute Gasteiger partial charge is 0.306 e. The summed E-state index contributed by atoms with van der Waals surface area (Å²) in [4.78, 5) is 15.3. The van der Waals surface area contributed by atoms with E-state index in [-0.39, 0.29) is 13.0 Å². The largest absolute Gasteiger partial charge is 0.481 e. The number of carbonyl (C=O) groups is 1. The third-order valence-corrected chi connectivity index (χ3v) is 2.54. The number of fused-ring (bicyclic) bond motifs is 1. The highest BCUT2D eigenvalue weighted by Crippen LogP contribution is 2.22. The predicted octanol–water partition coefficient (Wildman–Crippen LogP) is 1.83. The Bertz CT molecular complexity index is 426. The zero-order valence-corrected chi connectivity index (χ0v) is 8.85. The zero-order chi connectivity index (χ0) is 11.4. The van der Waals surface area contributed by atoms with Gasteiger partial charge in [0.05, 0.1) is 12.1 Å². The average Bonchev–Trinajstić information content (AvgIpc) is 2.68. The lowest BCUT2D eigenvalue weighted by Gasteiger charge is -2.00. The van der Waals surface area contributed by atoms with Gasteiger partial charge >= 0.3 is 5.97 Å². The number of carboxylic acid groups (broad SMARTS) is 1. The molecule has 1 aromatic rings. The standard InChI is InChI=1S/C12H13NO3/c14-12(15)7-8-16-13-11-6-5-9-3-1-2-4-10(9)11/h1-4H,5-8H2,(H,14,15)/b13-11-. The van der Waals surface area contributed by atoms with Crippen LogP contribution in [-0.2, 0) is 16.1 Å². The van der Waals surface area contributed by atoms with Crippen LogP contribution in [0, 0.1) is 0 Å². The van der Waals surface area contributed by atoms with Crippen molar-refractivity contribution in [2.45, 2.75) is 19.3 Å². The number of aryl methyl sites for hydroxylation is 1. The molecule has 4 heteroatoms. The predicted molar refractivity (Wildman–Crippen MR) is 59.5 cm³/mol. The molecule has 1 aromatic carbocycles. The SMILES string of the molecule is O=C(O)CCO/N=C1/CCc2ccccc21. The van der Waals surface area contributed by atoms with Gasteiger partial charge in [0.15, 0.2) is 0 Å². The van der Waals surface area contributed by atoms with Crippen molar-refractivity contribution in [1.82, 2.24) is 0 Å². The lowest BCUT2D eigenvalue weighted by atomic mass is 10.1. The monoisotopic (exact) mass is 219 g/mol. The molecule has 2 rings (SSSR count). The summed E-state index contributed by atoms with van der Waals surface area (Å²) in [5.41, 5.74) is 3.32. The summed E-state index contributed by atoms with van der Waals surface area (Å²) in [5, 5.41) is 12.4.